The van der Waals surface area contributed by atoms with E-state index in [0.29, 0.717) is 12.3 Å². The Kier molecular flexibility index (Phi) is 12.5. The molecular weight excluding hydrogens is 298 g/mol. The molecule has 0 radical (unpaired) electrons. The molecule has 5 nitrogen and oxygen atoms in total. The van der Waals surface area contributed by atoms with Crippen molar-refractivity contribution in [2.45, 2.75) is 58.6 Å². The normalized spacial score (nSPS) is 14.0. The van der Waals surface area contributed by atoms with E-state index in [9.17, 15) is 4.21 Å². The molecule has 6 heteroatoms. The van der Waals surface area contributed by atoms with Gasteiger partial charge < -0.3 is 15.4 Å². The van der Waals surface area contributed by atoms with Crippen molar-refractivity contribution in [2.75, 3.05) is 38.6 Å². The van der Waals surface area contributed by atoms with E-state index in [1.165, 1.54) is 6.42 Å². The first-order chi connectivity index (χ1) is 10.4. The molecule has 0 aliphatic heterocycles. The molecule has 1 unspecified atom stereocenters. The van der Waals surface area contributed by atoms with Crippen molar-refractivity contribution in [3.8, 4) is 0 Å². The molecule has 0 aliphatic rings. The number of hydrogen-bond acceptors (Lipinski definition) is 3. The molecule has 0 aromatic heterocycles. The van der Waals surface area contributed by atoms with Crippen molar-refractivity contribution in [1.82, 2.24) is 10.6 Å². The summed E-state index contributed by atoms with van der Waals surface area (Å²) in [5.74, 6) is 1.43. The molecule has 0 saturated heterocycles. The third kappa shape index (κ3) is 12.0. The highest BCUT2D eigenvalue weighted by molar-refractivity contribution is 7.86. The van der Waals surface area contributed by atoms with Gasteiger partial charge in [0.2, 0.25) is 0 Å². The molecule has 0 aliphatic carbocycles. The van der Waals surface area contributed by atoms with Gasteiger partial charge in [0.05, 0.1) is 0 Å². The van der Waals surface area contributed by atoms with Crippen molar-refractivity contribution in [2.24, 2.45) is 4.99 Å². The predicted octanol–water partition coefficient (Wildman–Crippen LogP) is 2.30. The van der Waals surface area contributed by atoms with Crippen molar-refractivity contribution in [1.29, 1.82) is 0 Å². The number of hydrogen-bond donors (Lipinski definition) is 2. The summed E-state index contributed by atoms with van der Waals surface area (Å²) < 4.78 is 17.3. The van der Waals surface area contributed by atoms with Crippen LogP contribution >= 0.6 is 0 Å². The van der Waals surface area contributed by atoms with Crippen LogP contribution < -0.4 is 10.6 Å². The van der Waals surface area contributed by atoms with Gasteiger partial charge in [-0.05, 0) is 40.5 Å². The van der Waals surface area contributed by atoms with Crippen LogP contribution in [0.15, 0.2) is 4.99 Å². The van der Waals surface area contributed by atoms with Gasteiger partial charge in [0.1, 0.15) is 0 Å². The van der Waals surface area contributed by atoms with Crippen LogP contribution in [0.4, 0.5) is 0 Å². The highest BCUT2D eigenvalue weighted by Crippen LogP contribution is 2.10. The summed E-state index contributed by atoms with van der Waals surface area (Å²) in [5, 5.41) is 6.45. The van der Waals surface area contributed by atoms with Crippen molar-refractivity contribution < 1.29 is 8.95 Å². The summed E-state index contributed by atoms with van der Waals surface area (Å²) in [6, 6.07) is 0. The van der Waals surface area contributed by atoms with Gasteiger partial charge in [-0.2, -0.15) is 0 Å². The Labute approximate surface area is 139 Å². The third-order valence-corrected chi connectivity index (χ3v) is 4.91. The first-order valence-electron chi connectivity index (χ1n) is 8.40. The second kappa shape index (κ2) is 12.9. The van der Waals surface area contributed by atoms with Crippen molar-refractivity contribution in [3.63, 3.8) is 0 Å². The van der Waals surface area contributed by atoms with Crippen LogP contribution in [-0.4, -0.2) is 53.5 Å². The summed E-state index contributed by atoms with van der Waals surface area (Å²) in [5.41, 5.74) is 0. The average Bonchev–Trinajstić information content (AvgIpc) is 2.45. The summed E-state index contributed by atoms with van der Waals surface area (Å²) in [6.45, 7) is 14.0. The van der Waals surface area contributed by atoms with Crippen LogP contribution in [0, 0.1) is 0 Å². The van der Waals surface area contributed by atoms with Gasteiger partial charge in [0, 0.05) is 54.1 Å². The first kappa shape index (κ1) is 21.4. The molecule has 132 valence electrons. The number of unbranched alkanes of at least 4 members (excludes halogenated alkanes) is 1. The van der Waals surface area contributed by atoms with Crippen LogP contribution in [0.5, 0.6) is 0 Å². The lowest BCUT2D eigenvalue weighted by atomic mass is 10.3. The fraction of sp³-hybridized carbons (Fsp3) is 0.938. The molecular formula is C16H35N3O2S. The van der Waals surface area contributed by atoms with Crippen molar-refractivity contribution in [3.05, 3.63) is 0 Å². The lowest BCUT2D eigenvalue weighted by molar-refractivity contribution is 0.130. The molecule has 0 bridgehead atoms. The van der Waals surface area contributed by atoms with E-state index in [1.54, 1.807) is 0 Å². The second-order valence-corrected chi connectivity index (χ2v) is 8.49. The fourth-order valence-corrected chi connectivity index (χ4v) is 2.52. The Morgan fingerprint density at radius 1 is 1.14 bits per heavy atom. The Balaban J connectivity index is 3.93. The van der Waals surface area contributed by atoms with Gasteiger partial charge in [0.15, 0.2) is 5.96 Å². The summed E-state index contributed by atoms with van der Waals surface area (Å²) in [7, 11) is -0.835. The molecule has 0 saturated carbocycles. The molecule has 1 atom stereocenters. The van der Waals surface area contributed by atoms with E-state index in [0.717, 1.165) is 45.1 Å². The maximum Gasteiger partial charge on any atom is 0.191 e. The number of ether oxygens (including phenoxy) is 1. The number of guanidine groups is 1. The molecule has 0 heterocycles. The lowest BCUT2D eigenvalue weighted by Crippen LogP contribution is -2.40. The Hall–Kier alpha value is -0.620. The van der Waals surface area contributed by atoms with Gasteiger partial charge >= 0.3 is 0 Å². The molecule has 0 spiro atoms. The minimum atomic E-state index is -0.835. The molecule has 0 fully saturated rings. The largest absolute Gasteiger partial charge is 0.381 e. The van der Waals surface area contributed by atoms with Crippen LogP contribution in [0.2, 0.25) is 0 Å². The standard InChI is InChI=1S/C16H35N3O2S/c1-6-8-12-21-13-9-10-18-15(17-7-2)19-11-14-22(20)16(3,4)5/h6-14H2,1-5H3,(H2,17,18,19). The summed E-state index contributed by atoms with van der Waals surface area (Å²) >= 11 is 0. The summed E-state index contributed by atoms with van der Waals surface area (Å²) in [4.78, 5) is 4.51. The maximum atomic E-state index is 12.0. The summed E-state index contributed by atoms with van der Waals surface area (Å²) in [6.07, 6.45) is 3.22. The number of aliphatic imine (C=N–C) groups is 1. The van der Waals surface area contributed by atoms with E-state index in [1.807, 2.05) is 27.7 Å². The average molecular weight is 334 g/mol. The predicted molar refractivity (Wildman–Crippen MR) is 97.1 cm³/mol. The van der Waals surface area contributed by atoms with Gasteiger partial charge in [0.25, 0.3) is 0 Å². The van der Waals surface area contributed by atoms with E-state index >= 15 is 0 Å². The topological polar surface area (TPSA) is 62.7 Å². The SMILES string of the molecule is CCCCOCCCN=C(NCC)NCCS(=O)C(C)(C)C. The molecule has 0 amide bonds. The van der Waals surface area contributed by atoms with E-state index in [-0.39, 0.29) is 4.75 Å². The van der Waals surface area contributed by atoms with Crippen molar-refractivity contribution >= 4 is 16.8 Å². The monoisotopic (exact) mass is 333 g/mol. The number of nitrogens with one attached hydrogen (secondary N) is 2. The Morgan fingerprint density at radius 3 is 2.41 bits per heavy atom. The number of rotatable bonds is 11. The van der Waals surface area contributed by atoms with Gasteiger partial charge in [-0.15, -0.1) is 0 Å². The molecule has 2 N–H and O–H groups in total. The highest BCUT2D eigenvalue weighted by Gasteiger charge is 2.18. The highest BCUT2D eigenvalue weighted by atomic mass is 32.2. The maximum absolute atomic E-state index is 12.0. The smallest absolute Gasteiger partial charge is 0.191 e. The number of nitrogens with zero attached hydrogens (tertiary/aromatic N) is 1. The third-order valence-electron chi connectivity index (χ3n) is 2.97. The van der Waals surface area contributed by atoms with Gasteiger partial charge in [-0.25, -0.2) is 0 Å². The van der Waals surface area contributed by atoms with Gasteiger partial charge in [-0.3, -0.25) is 9.20 Å². The van der Waals surface area contributed by atoms with Crippen LogP contribution in [0.1, 0.15) is 53.9 Å². The molecule has 0 aromatic carbocycles. The zero-order chi connectivity index (χ0) is 16.8. The van der Waals surface area contributed by atoms with Crippen LogP contribution in [0.3, 0.4) is 0 Å². The van der Waals surface area contributed by atoms with Crippen LogP contribution in [-0.2, 0) is 15.5 Å². The quantitative estimate of drug-likeness (QED) is 0.346. The zero-order valence-electron chi connectivity index (χ0n) is 15.0. The lowest BCUT2D eigenvalue weighted by Gasteiger charge is -2.18. The molecule has 22 heavy (non-hydrogen) atoms. The van der Waals surface area contributed by atoms with E-state index < -0.39 is 10.8 Å². The minimum absolute atomic E-state index is 0.160. The van der Waals surface area contributed by atoms with Crippen LogP contribution in [0.25, 0.3) is 0 Å². The van der Waals surface area contributed by atoms with E-state index in [4.69, 9.17) is 4.74 Å². The zero-order valence-corrected chi connectivity index (χ0v) is 15.9. The van der Waals surface area contributed by atoms with Gasteiger partial charge in [-0.1, -0.05) is 13.3 Å². The van der Waals surface area contributed by atoms with E-state index in [2.05, 4.69) is 22.5 Å². The molecule has 0 aromatic rings. The first-order valence-corrected chi connectivity index (χ1v) is 9.72. The Bertz CT molecular complexity index is 328. The molecule has 0 rings (SSSR count). The minimum Gasteiger partial charge on any atom is -0.381 e. The Morgan fingerprint density at radius 2 is 1.82 bits per heavy atom. The fourth-order valence-electron chi connectivity index (χ4n) is 1.62. The second-order valence-electron chi connectivity index (χ2n) is 6.17.